The number of pyridine rings is 1. The van der Waals surface area contributed by atoms with Gasteiger partial charge in [-0.25, -0.2) is 9.48 Å². The molecule has 1 aromatic carbocycles. The van der Waals surface area contributed by atoms with E-state index in [2.05, 4.69) is 10.4 Å². The zero-order valence-corrected chi connectivity index (χ0v) is 12.2. The first-order chi connectivity index (χ1) is 10.6. The molecule has 2 heterocycles. The van der Waals surface area contributed by atoms with Crippen LogP contribution in [-0.2, 0) is 17.9 Å². The standard InChI is InChI=1S/C16H16N4O2/c1-12-6-2-3-7-13(12)10-17-15(21)11-20-16(22)19-9-5-4-8-14(19)18-20/h2-9H,10-11H2,1H3,(H,17,21). The summed E-state index contributed by atoms with van der Waals surface area (Å²) in [6.07, 6.45) is 1.63. The van der Waals surface area contributed by atoms with Crippen LogP contribution in [0.25, 0.3) is 5.65 Å². The van der Waals surface area contributed by atoms with Gasteiger partial charge in [0.05, 0.1) is 0 Å². The third kappa shape index (κ3) is 2.76. The van der Waals surface area contributed by atoms with Gasteiger partial charge in [-0.15, -0.1) is 5.10 Å². The summed E-state index contributed by atoms with van der Waals surface area (Å²) in [6, 6.07) is 13.1. The average Bonchev–Trinajstić information content (AvgIpc) is 2.83. The molecule has 3 aromatic rings. The minimum absolute atomic E-state index is 0.0909. The Morgan fingerprint density at radius 3 is 2.73 bits per heavy atom. The number of benzene rings is 1. The smallest absolute Gasteiger partial charge is 0.350 e. The van der Waals surface area contributed by atoms with E-state index in [4.69, 9.17) is 0 Å². The molecule has 0 radical (unpaired) electrons. The highest BCUT2D eigenvalue weighted by Gasteiger charge is 2.10. The highest BCUT2D eigenvalue weighted by atomic mass is 16.2. The lowest BCUT2D eigenvalue weighted by molar-refractivity contribution is -0.122. The van der Waals surface area contributed by atoms with Crippen molar-refractivity contribution in [3.63, 3.8) is 0 Å². The van der Waals surface area contributed by atoms with Gasteiger partial charge in [0.1, 0.15) is 6.54 Å². The quantitative estimate of drug-likeness (QED) is 0.784. The molecule has 0 fully saturated rings. The van der Waals surface area contributed by atoms with Gasteiger partial charge >= 0.3 is 5.69 Å². The minimum atomic E-state index is -0.318. The zero-order valence-electron chi connectivity index (χ0n) is 12.2. The van der Waals surface area contributed by atoms with Crippen LogP contribution < -0.4 is 11.0 Å². The number of hydrogen-bond donors (Lipinski definition) is 1. The van der Waals surface area contributed by atoms with Crippen LogP contribution in [-0.4, -0.2) is 20.1 Å². The number of rotatable bonds is 4. The van der Waals surface area contributed by atoms with E-state index in [-0.39, 0.29) is 18.1 Å². The lowest BCUT2D eigenvalue weighted by Gasteiger charge is -2.07. The predicted octanol–water partition coefficient (Wildman–Crippen LogP) is 1.12. The van der Waals surface area contributed by atoms with Crippen molar-refractivity contribution in [2.45, 2.75) is 20.0 Å². The van der Waals surface area contributed by atoms with E-state index in [1.54, 1.807) is 24.4 Å². The molecule has 0 saturated carbocycles. The van der Waals surface area contributed by atoms with Crippen molar-refractivity contribution in [3.05, 3.63) is 70.3 Å². The number of amides is 1. The van der Waals surface area contributed by atoms with Gasteiger partial charge in [0.15, 0.2) is 5.65 Å². The van der Waals surface area contributed by atoms with E-state index < -0.39 is 0 Å². The van der Waals surface area contributed by atoms with Crippen LogP contribution in [0.4, 0.5) is 0 Å². The van der Waals surface area contributed by atoms with E-state index in [9.17, 15) is 9.59 Å². The lowest BCUT2D eigenvalue weighted by Crippen LogP contribution is -2.32. The fourth-order valence-corrected chi connectivity index (χ4v) is 2.27. The Labute approximate surface area is 127 Å². The summed E-state index contributed by atoms with van der Waals surface area (Å²) in [5.41, 5.74) is 2.38. The topological polar surface area (TPSA) is 68.4 Å². The number of nitrogens with zero attached hydrogens (tertiary/aromatic N) is 3. The van der Waals surface area contributed by atoms with Gasteiger partial charge in [-0.1, -0.05) is 30.3 Å². The first-order valence-electron chi connectivity index (χ1n) is 7.00. The molecule has 0 bridgehead atoms. The molecule has 3 rings (SSSR count). The van der Waals surface area contributed by atoms with E-state index in [1.165, 1.54) is 9.08 Å². The summed E-state index contributed by atoms with van der Waals surface area (Å²) in [5, 5.41) is 6.94. The average molecular weight is 296 g/mol. The largest absolute Gasteiger partial charge is 0.350 e. The number of nitrogens with one attached hydrogen (secondary N) is 1. The van der Waals surface area contributed by atoms with Crippen molar-refractivity contribution >= 4 is 11.6 Å². The number of hydrogen-bond acceptors (Lipinski definition) is 3. The maximum absolute atomic E-state index is 12.1. The number of carbonyl (C=O) groups excluding carboxylic acids is 1. The number of carbonyl (C=O) groups is 1. The van der Waals surface area contributed by atoms with Crippen LogP contribution in [0, 0.1) is 6.92 Å². The lowest BCUT2D eigenvalue weighted by atomic mass is 10.1. The van der Waals surface area contributed by atoms with Crippen molar-refractivity contribution in [1.82, 2.24) is 19.5 Å². The Hall–Kier alpha value is -2.89. The molecule has 0 aliphatic rings. The second-order valence-electron chi connectivity index (χ2n) is 5.07. The molecule has 112 valence electrons. The van der Waals surface area contributed by atoms with Crippen molar-refractivity contribution in [1.29, 1.82) is 0 Å². The molecule has 6 nitrogen and oxygen atoms in total. The van der Waals surface area contributed by atoms with E-state index in [0.29, 0.717) is 12.2 Å². The van der Waals surface area contributed by atoms with Gasteiger partial charge in [0.25, 0.3) is 0 Å². The predicted molar refractivity (Wildman–Crippen MR) is 82.5 cm³/mol. The second kappa shape index (κ2) is 5.85. The monoisotopic (exact) mass is 296 g/mol. The molecular weight excluding hydrogens is 280 g/mol. The molecule has 22 heavy (non-hydrogen) atoms. The molecule has 0 saturated heterocycles. The summed E-state index contributed by atoms with van der Waals surface area (Å²) >= 11 is 0. The Morgan fingerprint density at radius 2 is 1.95 bits per heavy atom. The summed E-state index contributed by atoms with van der Waals surface area (Å²) in [4.78, 5) is 24.1. The molecule has 0 atom stereocenters. The molecule has 6 heteroatoms. The van der Waals surface area contributed by atoms with Crippen molar-refractivity contribution in [3.8, 4) is 0 Å². The molecular formula is C16H16N4O2. The van der Waals surface area contributed by atoms with Gasteiger partial charge in [-0.3, -0.25) is 9.20 Å². The van der Waals surface area contributed by atoms with Gasteiger partial charge in [-0.05, 0) is 30.2 Å². The molecule has 0 aliphatic heterocycles. The van der Waals surface area contributed by atoms with Crippen LogP contribution >= 0.6 is 0 Å². The Kier molecular flexibility index (Phi) is 3.74. The SMILES string of the molecule is Cc1ccccc1CNC(=O)Cn1nc2ccccn2c1=O. The van der Waals surface area contributed by atoms with Gasteiger partial charge in [0.2, 0.25) is 5.91 Å². The van der Waals surface area contributed by atoms with Crippen molar-refractivity contribution < 1.29 is 4.79 Å². The normalized spacial score (nSPS) is 10.8. The van der Waals surface area contributed by atoms with E-state index in [1.807, 2.05) is 31.2 Å². The summed E-state index contributed by atoms with van der Waals surface area (Å²) < 4.78 is 2.58. The van der Waals surface area contributed by atoms with E-state index >= 15 is 0 Å². The third-order valence-corrected chi connectivity index (χ3v) is 3.52. The zero-order chi connectivity index (χ0) is 15.5. The second-order valence-corrected chi connectivity index (χ2v) is 5.07. The molecule has 0 spiro atoms. The van der Waals surface area contributed by atoms with Gasteiger partial charge < -0.3 is 5.32 Å². The van der Waals surface area contributed by atoms with Crippen molar-refractivity contribution in [2.75, 3.05) is 0 Å². The molecule has 1 N–H and O–H groups in total. The van der Waals surface area contributed by atoms with E-state index in [0.717, 1.165) is 11.1 Å². The summed E-state index contributed by atoms with van der Waals surface area (Å²) in [7, 11) is 0. The summed E-state index contributed by atoms with van der Waals surface area (Å²) in [6.45, 7) is 2.34. The Morgan fingerprint density at radius 1 is 1.18 bits per heavy atom. The third-order valence-electron chi connectivity index (χ3n) is 3.52. The molecule has 1 amide bonds. The minimum Gasteiger partial charge on any atom is -0.350 e. The number of aryl methyl sites for hydroxylation is 1. The fraction of sp³-hybridized carbons (Fsp3) is 0.188. The van der Waals surface area contributed by atoms with Crippen molar-refractivity contribution in [2.24, 2.45) is 0 Å². The first-order valence-corrected chi connectivity index (χ1v) is 7.00. The van der Waals surface area contributed by atoms with Crippen LogP contribution in [0.2, 0.25) is 0 Å². The summed E-state index contributed by atoms with van der Waals surface area (Å²) in [5.74, 6) is -0.242. The Balaban J connectivity index is 1.70. The maximum Gasteiger partial charge on any atom is 0.350 e. The first kappa shape index (κ1) is 14.1. The fourth-order valence-electron chi connectivity index (χ4n) is 2.27. The molecule has 0 aliphatic carbocycles. The number of fused-ring (bicyclic) bond motifs is 1. The van der Waals surface area contributed by atoms with Crippen LogP contribution in [0.1, 0.15) is 11.1 Å². The van der Waals surface area contributed by atoms with Crippen LogP contribution in [0.3, 0.4) is 0 Å². The van der Waals surface area contributed by atoms with Crippen LogP contribution in [0.5, 0.6) is 0 Å². The van der Waals surface area contributed by atoms with Gasteiger partial charge in [-0.2, -0.15) is 0 Å². The van der Waals surface area contributed by atoms with Crippen LogP contribution in [0.15, 0.2) is 53.5 Å². The Bertz CT molecular complexity index is 879. The molecule has 0 unspecified atom stereocenters. The van der Waals surface area contributed by atoms with Gasteiger partial charge in [0, 0.05) is 12.7 Å². The number of aromatic nitrogens is 3. The maximum atomic E-state index is 12.1. The molecule has 2 aromatic heterocycles. The highest BCUT2D eigenvalue weighted by molar-refractivity contribution is 5.75. The highest BCUT2D eigenvalue weighted by Crippen LogP contribution is 2.05.